The number of ether oxygens (including phenoxy) is 1. The maximum atomic E-state index is 12.3. The zero-order valence-electron chi connectivity index (χ0n) is 15.2. The van der Waals surface area contributed by atoms with E-state index < -0.39 is 0 Å². The second-order valence-electron chi connectivity index (χ2n) is 6.45. The molecule has 4 rings (SSSR count). The van der Waals surface area contributed by atoms with Crippen LogP contribution in [0.15, 0.2) is 66.7 Å². The number of carbonyl (C=O) groups is 1. The number of anilines is 1. The number of benzene rings is 3. The molecule has 140 valence electrons. The SMILES string of the molecule is Cc1ccc(OCC(=O)Nc2cccc(-c3nc4ccccc4[nH]3)c2)c(Cl)c1. The Kier molecular flexibility index (Phi) is 5.00. The fraction of sp³-hybridized carbons (Fsp3) is 0.0909. The van der Waals surface area contributed by atoms with E-state index in [4.69, 9.17) is 16.3 Å². The van der Waals surface area contributed by atoms with Crippen LogP contribution in [-0.2, 0) is 4.79 Å². The van der Waals surface area contributed by atoms with Gasteiger partial charge in [-0.25, -0.2) is 4.98 Å². The molecule has 0 spiro atoms. The van der Waals surface area contributed by atoms with Gasteiger partial charge in [0.25, 0.3) is 5.91 Å². The van der Waals surface area contributed by atoms with E-state index in [2.05, 4.69) is 15.3 Å². The number of H-pyrrole nitrogens is 1. The minimum atomic E-state index is -0.265. The molecule has 0 radical (unpaired) electrons. The van der Waals surface area contributed by atoms with Gasteiger partial charge in [0, 0.05) is 11.3 Å². The standard InChI is InChI=1S/C22H18ClN3O2/c1-14-9-10-20(17(23)11-14)28-13-21(27)24-16-6-4-5-15(12-16)22-25-18-7-2-3-8-19(18)26-22/h2-12H,13H2,1H3,(H,24,27)(H,25,26). The van der Waals surface area contributed by atoms with Gasteiger partial charge in [0.1, 0.15) is 11.6 Å². The first kappa shape index (κ1) is 18.1. The highest BCUT2D eigenvalue weighted by Gasteiger charge is 2.09. The molecule has 0 bridgehead atoms. The first-order valence-corrected chi connectivity index (χ1v) is 9.20. The number of fused-ring (bicyclic) bond motifs is 1. The first-order chi connectivity index (χ1) is 13.6. The molecule has 0 aliphatic rings. The lowest BCUT2D eigenvalue weighted by molar-refractivity contribution is -0.118. The molecule has 3 aromatic carbocycles. The van der Waals surface area contributed by atoms with E-state index >= 15 is 0 Å². The van der Waals surface area contributed by atoms with Gasteiger partial charge in [-0.3, -0.25) is 4.79 Å². The lowest BCUT2D eigenvalue weighted by atomic mass is 10.2. The second kappa shape index (κ2) is 7.74. The van der Waals surface area contributed by atoms with Crippen LogP contribution in [0.5, 0.6) is 5.75 Å². The minimum Gasteiger partial charge on any atom is -0.482 e. The fourth-order valence-corrected chi connectivity index (χ4v) is 3.19. The van der Waals surface area contributed by atoms with Gasteiger partial charge in [0.2, 0.25) is 0 Å². The number of para-hydroxylation sites is 2. The molecule has 0 aliphatic carbocycles. The number of halogens is 1. The summed E-state index contributed by atoms with van der Waals surface area (Å²) in [4.78, 5) is 20.1. The molecule has 0 fully saturated rings. The van der Waals surface area contributed by atoms with Gasteiger partial charge >= 0.3 is 0 Å². The minimum absolute atomic E-state index is 0.127. The summed E-state index contributed by atoms with van der Waals surface area (Å²) >= 11 is 6.13. The van der Waals surface area contributed by atoms with E-state index in [0.717, 1.165) is 28.0 Å². The first-order valence-electron chi connectivity index (χ1n) is 8.82. The van der Waals surface area contributed by atoms with Crippen LogP contribution < -0.4 is 10.1 Å². The lowest BCUT2D eigenvalue weighted by Crippen LogP contribution is -2.20. The smallest absolute Gasteiger partial charge is 0.262 e. The Labute approximate surface area is 167 Å². The number of aromatic nitrogens is 2. The Morgan fingerprint density at radius 1 is 1.11 bits per heavy atom. The molecular weight excluding hydrogens is 374 g/mol. The number of hydrogen-bond donors (Lipinski definition) is 2. The quantitative estimate of drug-likeness (QED) is 0.490. The van der Waals surface area contributed by atoms with Gasteiger partial charge in [-0.05, 0) is 48.9 Å². The van der Waals surface area contributed by atoms with Crippen LogP contribution in [0, 0.1) is 6.92 Å². The van der Waals surface area contributed by atoms with E-state index in [1.54, 1.807) is 12.1 Å². The van der Waals surface area contributed by atoms with Crippen LogP contribution in [-0.4, -0.2) is 22.5 Å². The molecule has 0 unspecified atom stereocenters. The third-order valence-electron chi connectivity index (χ3n) is 4.26. The number of amides is 1. The number of hydrogen-bond acceptors (Lipinski definition) is 3. The van der Waals surface area contributed by atoms with Crippen LogP contribution in [0.25, 0.3) is 22.4 Å². The average Bonchev–Trinajstić information content (AvgIpc) is 3.12. The average molecular weight is 392 g/mol. The van der Waals surface area contributed by atoms with E-state index in [-0.39, 0.29) is 12.5 Å². The van der Waals surface area contributed by atoms with Crippen LogP contribution in [0.1, 0.15) is 5.56 Å². The van der Waals surface area contributed by atoms with E-state index in [9.17, 15) is 4.79 Å². The Bertz CT molecular complexity index is 1120. The maximum absolute atomic E-state index is 12.3. The third-order valence-corrected chi connectivity index (χ3v) is 4.55. The Morgan fingerprint density at radius 3 is 2.79 bits per heavy atom. The molecule has 0 atom stereocenters. The van der Waals surface area contributed by atoms with Gasteiger partial charge < -0.3 is 15.0 Å². The molecule has 0 saturated carbocycles. The van der Waals surface area contributed by atoms with Crippen molar-refractivity contribution in [3.05, 3.63) is 77.3 Å². The van der Waals surface area contributed by atoms with Crippen LogP contribution in [0.2, 0.25) is 5.02 Å². The number of rotatable bonds is 5. The normalized spacial score (nSPS) is 10.8. The molecule has 1 amide bonds. The zero-order chi connectivity index (χ0) is 19.5. The van der Waals surface area contributed by atoms with Crippen LogP contribution >= 0.6 is 11.6 Å². The largest absolute Gasteiger partial charge is 0.482 e. The summed E-state index contributed by atoms with van der Waals surface area (Å²) in [7, 11) is 0. The van der Waals surface area contributed by atoms with Crippen molar-refractivity contribution >= 4 is 34.2 Å². The summed E-state index contributed by atoms with van der Waals surface area (Å²) in [5, 5.41) is 3.32. The Hall–Kier alpha value is -3.31. The Balaban J connectivity index is 1.44. The van der Waals surface area contributed by atoms with Crippen molar-refractivity contribution in [3.8, 4) is 17.1 Å². The molecule has 0 aliphatic heterocycles. The Morgan fingerprint density at radius 2 is 1.96 bits per heavy atom. The topological polar surface area (TPSA) is 67.0 Å². The van der Waals surface area contributed by atoms with Crippen molar-refractivity contribution in [2.24, 2.45) is 0 Å². The fourth-order valence-electron chi connectivity index (χ4n) is 2.90. The molecule has 0 saturated heterocycles. The summed E-state index contributed by atoms with van der Waals surface area (Å²) < 4.78 is 5.52. The molecular formula is C22H18ClN3O2. The molecule has 5 nitrogen and oxygen atoms in total. The van der Waals surface area contributed by atoms with Crippen molar-refractivity contribution in [1.82, 2.24) is 9.97 Å². The van der Waals surface area contributed by atoms with E-state index in [0.29, 0.717) is 16.5 Å². The van der Waals surface area contributed by atoms with Crippen molar-refractivity contribution in [2.75, 3.05) is 11.9 Å². The monoisotopic (exact) mass is 391 g/mol. The van der Waals surface area contributed by atoms with Crippen LogP contribution in [0.3, 0.4) is 0 Å². The van der Waals surface area contributed by atoms with Crippen molar-refractivity contribution in [2.45, 2.75) is 6.92 Å². The van der Waals surface area contributed by atoms with Gasteiger partial charge in [0.05, 0.1) is 16.1 Å². The number of nitrogens with zero attached hydrogens (tertiary/aromatic N) is 1. The second-order valence-corrected chi connectivity index (χ2v) is 6.86. The van der Waals surface area contributed by atoms with Crippen molar-refractivity contribution in [1.29, 1.82) is 0 Å². The lowest BCUT2D eigenvalue weighted by Gasteiger charge is -2.10. The molecule has 1 heterocycles. The number of aryl methyl sites for hydroxylation is 1. The zero-order valence-corrected chi connectivity index (χ0v) is 16.0. The van der Waals surface area contributed by atoms with Gasteiger partial charge in [-0.2, -0.15) is 0 Å². The number of carbonyl (C=O) groups excluding carboxylic acids is 1. The summed E-state index contributed by atoms with van der Waals surface area (Å²) in [5.74, 6) is 0.969. The number of aromatic amines is 1. The molecule has 6 heteroatoms. The maximum Gasteiger partial charge on any atom is 0.262 e. The molecule has 28 heavy (non-hydrogen) atoms. The summed E-state index contributed by atoms with van der Waals surface area (Å²) in [6.45, 7) is 1.81. The number of nitrogens with one attached hydrogen (secondary N) is 2. The summed E-state index contributed by atoms with van der Waals surface area (Å²) in [6, 6.07) is 20.8. The summed E-state index contributed by atoms with van der Waals surface area (Å²) in [6.07, 6.45) is 0. The molecule has 1 aromatic heterocycles. The van der Waals surface area contributed by atoms with Crippen molar-refractivity contribution < 1.29 is 9.53 Å². The highest BCUT2D eigenvalue weighted by atomic mass is 35.5. The van der Waals surface area contributed by atoms with Gasteiger partial charge in [-0.15, -0.1) is 0 Å². The van der Waals surface area contributed by atoms with Crippen LogP contribution in [0.4, 0.5) is 5.69 Å². The van der Waals surface area contributed by atoms with E-state index in [1.807, 2.05) is 61.5 Å². The summed E-state index contributed by atoms with van der Waals surface area (Å²) in [5.41, 5.74) is 4.45. The van der Waals surface area contributed by atoms with Gasteiger partial charge in [0.15, 0.2) is 6.61 Å². The number of imidazole rings is 1. The molecule has 4 aromatic rings. The molecule has 2 N–H and O–H groups in total. The third kappa shape index (κ3) is 4.00. The van der Waals surface area contributed by atoms with Crippen molar-refractivity contribution in [3.63, 3.8) is 0 Å². The van der Waals surface area contributed by atoms with Gasteiger partial charge in [-0.1, -0.05) is 41.9 Å². The predicted octanol–water partition coefficient (Wildman–Crippen LogP) is 5.21. The highest BCUT2D eigenvalue weighted by molar-refractivity contribution is 6.32. The highest BCUT2D eigenvalue weighted by Crippen LogP contribution is 2.25. The van der Waals surface area contributed by atoms with E-state index in [1.165, 1.54) is 0 Å². The predicted molar refractivity (Wildman–Crippen MR) is 112 cm³/mol.